The largest absolute Gasteiger partial charge is 0.326 e. The molecule has 0 atom stereocenters. The Kier molecular flexibility index (Phi) is 2.95. The van der Waals surface area contributed by atoms with Gasteiger partial charge in [-0.05, 0) is 12.1 Å². The van der Waals surface area contributed by atoms with Crippen LogP contribution in [0.3, 0.4) is 0 Å². The third-order valence-electron chi connectivity index (χ3n) is 1.68. The molecule has 0 saturated carbocycles. The maximum atomic E-state index is 11.3. The first-order valence-corrected chi connectivity index (χ1v) is 5.91. The number of halogens is 1. The molecule has 3 nitrogen and oxygen atoms in total. The van der Waals surface area contributed by atoms with Crippen LogP contribution in [0.4, 0.5) is 0 Å². The van der Waals surface area contributed by atoms with Crippen LogP contribution >= 0.6 is 11.6 Å². The molecule has 0 aromatic heterocycles. The fourth-order valence-electron chi connectivity index (χ4n) is 1.08. The Morgan fingerprint density at radius 2 is 2.08 bits per heavy atom. The lowest BCUT2D eigenvalue weighted by atomic mass is 10.2. The van der Waals surface area contributed by atoms with Gasteiger partial charge in [0.15, 0.2) is 9.84 Å². The molecule has 0 radical (unpaired) electrons. The first-order chi connectivity index (χ1) is 5.96. The minimum atomic E-state index is -3.23. The maximum Gasteiger partial charge on any atom is 0.175 e. The summed E-state index contributed by atoms with van der Waals surface area (Å²) in [5, 5.41) is 0.394. The van der Waals surface area contributed by atoms with Crippen LogP contribution in [-0.2, 0) is 16.4 Å². The summed E-state index contributed by atoms with van der Waals surface area (Å²) in [6.07, 6.45) is 1.14. The normalized spacial score (nSPS) is 11.6. The second-order valence-corrected chi connectivity index (χ2v) is 5.08. The number of hydrogen-bond donors (Lipinski definition) is 1. The van der Waals surface area contributed by atoms with Gasteiger partial charge in [0.05, 0.1) is 4.90 Å². The van der Waals surface area contributed by atoms with Crippen molar-refractivity contribution in [1.29, 1.82) is 0 Å². The summed E-state index contributed by atoms with van der Waals surface area (Å²) >= 11 is 5.79. The number of nitrogens with two attached hydrogens (primary N) is 1. The van der Waals surface area contributed by atoms with E-state index in [0.29, 0.717) is 10.6 Å². The molecule has 0 heterocycles. The predicted molar refractivity (Wildman–Crippen MR) is 52.5 cm³/mol. The number of rotatable bonds is 2. The van der Waals surface area contributed by atoms with Crippen LogP contribution in [0.1, 0.15) is 5.56 Å². The van der Waals surface area contributed by atoms with Gasteiger partial charge in [-0.15, -0.1) is 0 Å². The molecule has 0 bridgehead atoms. The van der Waals surface area contributed by atoms with E-state index in [1.54, 1.807) is 12.1 Å². The molecule has 1 rings (SSSR count). The van der Waals surface area contributed by atoms with Crippen LogP contribution in [0.25, 0.3) is 0 Å². The Labute approximate surface area is 82.4 Å². The van der Waals surface area contributed by atoms with E-state index in [2.05, 4.69) is 0 Å². The van der Waals surface area contributed by atoms with Crippen molar-refractivity contribution in [2.45, 2.75) is 11.4 Å². The molecule has 0 fully saturated rings. The Morgan fingerprint density at radius 1 is 1.46 bits per heavy atom. The van der Waals surface area contributed by atoms with Crippen molar-refractivity contribution in [2.75, 3.05) is 6.26 Å². The Balaban J connectivity index is 3.47. The SMILES string of the molecule is CS(=O)(=O)c1cccc(Cl)c1CN. The number of sulfone groups is 1. The molecular formula is C8H10ClNO2S. The molecule has 13 heavy (non-hydrogen) atoms. The summed E-state index contributed by atoms with van der Waals surface area (Å²) in [5.41, 5.74) is 5.88. The molecule has 1 aromatic rings. The van der Waals surface area contributed by atoms with Crippen molar-refractivity contribution >= 4 is 21.4 Å². The Hall–Kier alpha value is -0.580. The first kappa shape index (κ1) is 10.5. The van der Waals surface area contributed by atoms with Gasteiger partial charge in [-0.3, -0.25) is 0 Å². The summed E-state index contributed by atoms with van der Waals surface area (Å²) in [6.45, 7) is 0.127. The highest BCUT2D eigenvalue weighted by Crippen LogP contribution is 2.22. The molecule has 0 aliphatic rings. The smallest absolute Gasteiger partial charge is 0.175 e. The van der Waals surface area contributed by atoms with Gasteiger partial charge in [-0.2, -0.15) is 0 Å². The molecule has 0 aliphatic heterocycles. The summed E-state index contributed by atoms with van der Waals surface area (Å²) in [7, 11) is -3.23. The van der Waals surface area contributed by atoms with Crippen LogP contribution in [0.5, 0.6) is 0 Å². The summed E-state index contributed by atoms with van der Waals surface area (Å²) in [5.74, 6) is 0. The third-order valence-corrected chi connectivity index (χ3v) is 3.22. The molecule has 0 unspecified atom stereocenters. The van der Waals surface area contributed by atoms with Gasteiger partial charge >= 0.3 is 0 Å². The van der Waals surface area contributed by atoms with Gasteiger partial charge in [0, 0.05) is 23.4 Å². The van der Waals surface area contributed by atoms with Crippen LogP contribution in [0.2, 0.25) is 5.02 Å². The zero-order valence-electron chi connectivity index (χ0n) is 7.12. The van der Waals surface area contributed by atoms with Gasteiger partial charge in [-0.1, -0.05) is 17.7 Å². The van der Waals surface area contributed by atoms with Gasteiger partial charge in [0.2, 0.25) is 0 Å². The van der Waals surface area contributed by atoms with Gasteiger partial charge in [0.25, 0.3) is 0 Å². The average Bonchev–Trinajstić information content (AvgIpc) is 2.02. The van der Waals surface area contributed by atoms with E-state index < -0.39 is 9.84 Å². The highest BCUT2D eigenvalue weighted by Gasteiger charge is 2.13. The van der Waals surface area contributed by atoms with Crippen molar-refractivity contribution in [3.8, 4) is 0 Å². The number of benzene rings is 1. The van der Waals surface area contributed by atoms with E-state index >= 15 is 0 Å². The second-order valence-electron chi connectivity index (χ2n) is 2.69. The first-order valence-electron chi connectivity index (χ1n) is 3.64. The second kappa shape index (κ2) is 3.65. The minimum Gasteiger partial charge on any atom is -0.326 e. The molecule has 0 saturated heterocycles. The fraction of sp³-hybridized carbons (Fsp3) is 0.250. The lowest BCUT2D eigenvalue weighted by Gasteiger charge is -2.06. The molecule has 2 N–H and O–H groups in total. The van der Waals surface area contributed by atoms with Crippen LogP contribution in [0, 0.1) is 0 Å². The van der Waals surface area contributed by atoms with Gasteiger partial charge < -0.3 is 5.73 Å². The highest BCUT2D eigenvalue weighted by molar-refractivity contribution is 7.90. The maximum absolute atomic E-state index is 11.3. The van der Waals surface area contributed by atoms with Crippen molar-refractivity contribution in [3.05, 3.63) is 28.8 Å². The molecule has 5 heteroatoms. The van der Waals surface area contributed by atoms with E-state index in [-0.39, 0.29) is 11.4 Å². The molecule has 0 aliphatic carbocycles. The van der Waals surface area contributed by atoms with Crippen LogP contribution in [0.15, 0.2) is 23.1 Å². The van der Waals surface area contributed by atoms with E-state index in [4.69, 9.17) is 17.3 Å². The van der Waals surface area contributed by atoms with E-state index in [1.165, 1.54) is 6.07 Å². The monoisotopic (exact) mass is 219 g/mol. The van der Waals surface area contributed by atoms with E-state index in [9.17, 15) is 8.42 Å². The molecule has 72 valence electrons. The summed E-state index contributed by atoms with van der Waals surface area (Å²) < 4.78 is 22.5. The van der Waals surface area contributed by atoms with Crippen molar-refractivity contribution in [1.82, 2.24) is 0 Å². The summed E-state index contributed by atoms with van der Waals surface area (Å²) in [4.78, 5) is 0.211. The highest BCUT2D eigenvalue weighted by atomic mass is 35.5. The minimum absolute atomic E-state index is 0.127. The third kappa shape index (κ3) is 2.21. The lowest BCUT2D eigenvalue weighted by Crippen LogP contribution is -2.07. The standard InChI is InChI=1S/C8H10ClNO2S/c1-13(11,12)8-4-2-3-7(9)6(8)5-10/h2-4H,5,10H2,1H3. The topological polar surface area (TPSA) is 60.2 Å². The van der Waals surface area contributed by atoms with E-state index in [0.717, 1.165) is 6.26 Å². The number of hydrogen-bond acceptors (Lipinski definition) is 3. The quantitative estimate of drug-likeness (QED) is 0.813. The van der Waals surface area contributed by atoms with Gasteiger partial charge in [0.1, 0.15) is 0 Å². The van der Waals surface area contributed by atoms with Crippen molar-refractivity contribution in [2.24, 2.45) is 5.73 Å². The summed E-state index contributed by atoms with van der Waals surface area (Å²) in [6, 6.07) is 4.72. The molecule has 0 spiro atoms. The Morgan fingerprint density at radius 3 is 2.46 bits per heavy atom. The van der Waals surface area contributed by atoms with E-state index in [1.807, 2.05) is 0 Å². The van der Waals surface area contributed by atoms with Crippen molar-refractivity contribution in [3.63, 3.8) is 0 Å². The average molecular weight is 220 g/mol. The van der Waals surface area contributed by atoms with Crippen LogP contribution in [-0.4, -0.2) is 14.7 Å². The molecule has 1 aromatic carbocycles. The zero-order valence-corrected chi connectivity index (χ0v) is 8.69. The zero-order chi connectivity index (χ0) is 10.1. The van der Waals surface area contributed by atoms with Crippen molar-refractivity contribution < 1.29 is 8.42 Å². The van der Waals surface area contributed by atoms with Crippen LogP contribution < -0.4 is 5.73 Å². The molecular weight excluding hydrogens is 210 g/mol. The van der Waals surface area contributed by atoms with Gasteiger partial charge in [-0.25, -0.2) is 8.42 Å². The lowest BCUT2D eigenvalue weighted by molar-refractivity contribution is 0.600. The molecule has 0 amide bonds. The Bertz CT molecular complexity index is 414. The predicted octanol–water partition coefficient (Wildman–Crippen LogP) is 1.20. The fourth-order valence-corrected chi connectivity index (χ4v) is 2.36.